The van der Waals surface area contributed by atoms with Crippen LogP contribution in [0.2, 0.25) is 0 Å². The Morgan fingerprint density at radius 2 is 2.04 bits per heavy atom. The van der Waals surface area contributed by atoms with Crippen molar-refractivity contribution < 1.29 is 4.74 Å². The molecule has 3 N–H and O–H groups in total. The number of aromatic amines is 1. The number of hydrogen-bond donors (Lipinski definition) is 2. The molecule has 1 aromatic heterocycles. The van der Waals surface area contributed by atoms with Crippen molar-refractivity contribution in [2.75, 3.05) is 12.1 Å². The van der Waals surface area contributed by atoms with Crippen molar-refractivity contribution in [1.29, 1.82) is 0 Å². The zero-order chi connectivity index (χ0) is 17.2. The molecule has 0 fully saturated rings. The molecule has 0 aliphatic heterocycles. The highest BCUT2D eigenvalue weighted by Gasteiger charge is 2.11. The number of nitrogens with zero attached hydrogens (tertiary/aromatic N) is 1. The van der Waals surface area contributed by atoms with E-state index in [1.165, 1.54) is 11.1 Å². The molecule has 0 spiro atoms. The maximum atomic E-state index is 12.3. The number of benzene rings is 1. The zero-order valence-corrected chi connectivity index (χ0v) is 14.4. The number of allylic oxidation sites excluding steroid dienone is 1. The Labute approximate surface area is 136 Å². The minimum Gasteiger partial charge on any atom is -0.496 e. The Kier molecular flexibility index (Phi) is 4.80. The average Bonchev–Trinajstić information content (AvgIpc) is 2.46. The van der Waals surface area contributed by atoms with Crippen LogP contribution in [0, 0.1) is 12.3 Å². The molecule has 0 aliphatic rings. The summed E-state index contributed by atoms with van der Waals surface area (Å²) in [6.45, 7) is 8.39. The fourth-order valence-electron chi connectivity index (χ4n) is 2.39. The Bertz CT molecular complexity index is 785. The van der Waals surface area contributed by atoms with E-state index < -0.39 is 0 Å². The summed E-state index contributed by atoms with van der Waals surface area (Å²) in [5.74, 6) is 7.33. The highest BCUT2D eigenvalue weighted by Crippen LogP contribution is 2.25. The molecular weight excluding hydrogens is 290 g/mol. The number of rotatable bonds is 4. The van der Waals surface area contributed by atoms with Crippen LogP contribution in [0.25, 0.3) is 10.9 Å². The van der Waals surface area contributed by atoms with Gasteiger partial charge in [0.05, 0.1) is 12.6 Å². The molecule has 0 saturated carbocycles. The normalized spacial score (nSPS) is 12.1. The second-order valence-electron chi connectivity index (χ2n) is 6.89. The predicted molar refractivity (Wildman–Crippen MR) is 95.7 cm³/mol. The van der Waals surface area contributed by atoms with Gasteiger partial charge in [0, 0.05) is 23.2 Å². The molecule has 2 rings (SSSR count). The lowest BCUT2D eigenvalue weighted by atomic mass is 9.92. The monoisotopic (exact) mass is 315 g/mol. The minimum absolute atomic E-state index is 0.0702. The number of H-pyrrole nitrogens is 1. The molecule has 5 nitrogen and oxygen atoms in total. The van der Waals surface area contributed by atoms with Crippen molar-refractivity contribution in [3.8, 4) is 5.75 Å². The summed E-state index contributed by atoms with van der Waals surface area (Å²) in [6, 6.07) is 5.08. The van der Waals surface area contributed by atoms with Gasteiger partial charge in [0.2, 0.25) is 0 Å². The van der Waals surface area contributed by atoms with Gasteiger partial charge in [0.1, 0.15) is 11.6 Å². The molecule has 0 unspecified atom stereocenters. The van der Waals surface area contributed by atoms with E-state index in [2.05, 4.69) is 25.8 Å². The number of nitrogens with one attached hydrogen (secondary N) is 1. The summed E-state index contributed by atoms with van der Waals surface area (Å²) in [6.07, 6.45) is 4.67. The van der Waals surface area contributed by atoms with Gasteiger partial charge in [-0.1, -0.05) is 26.8 Å². The molecule has 0 amide bonds. The molecule has 0 saturated heterocycles. The topological polar surface area (TPSA) is 71.3 Å². The van der Waals surface area contributed by atoms with Crippen LogP contribution in [-0.4, -0.2) is 12.1 Å². The van der Waals surface area contributed by atoms with Crippen LogP contribution >= 0.6 is 0 Å². The SMILES string of the molecule is COc1ccc2c(=O)cc(N(N)C=CCC(C)(C)C)[nH]c2c1C. The van der Waals surface area contributed by atoms with E-state index in [0.29, 0.717) is 11.2 Å². The molecule has 0 bridgehead atoms. The largest absolute Gasteiger partial charge is 0.496 e. The first-order valence-electron chi connectivity index (χ1n) is 7.64. The van der Waals surface area contributed by atoms with Gasteiger partial charge in [0.25, 0.3) is 0 Å². The number of ether oxygens (including phenoxy) is 1. The lowest BCUT2D eigenvalue weighted by Gasteiger charge is -2.18. The Balaban J connectivity index is 2.42. The average molecular weight is 315 g/mol. The molecule has 5 heteroatoms. The summed E-state index contributed by atoms with van der Waals surface area (Å²) in [4.78, 5) is 15.5. The third-order valence-corrected chi connectivity index (χ3v) is 3.70. The van der Waals surface area contributed by atoms with Crippen molar-refractivity contribution >= 4 is 16.7 Å². The standard InChI is InChI=1S/C18H25N3O2/c1-12-15(23-5)8-7-13-14(22)11-16(20-17(12)13)21(19)10-6-9-18(2,3)4/h6-8,10-11H,9,19H2,1-5H3,(H,20,22). The summed E-state index contributed by atoms with van der Waals surface area (Å²) in [5.41, 5.74) is 1.75. The molecular formula is C18H25N3O2. The number of aryl methyl sites for hydroxylation is 1. The number of anilines is 1. The number of hydrazine groups is 1. The fraction of sp³-hybridized carbons (Fsp3) is 0.389. The number of aromatic nitrogens is 1. The molecule has 1 aromatic carbocycles. The predicted octanol–water partition coefficient (Wildman–Crippen LogP) is 3.48. The maximum absolute atomic E-state index is 12.3. The molecule has 23 heavy (non-hydrogen) atoms. The second-order valence-corrected chi connectivity index (χ2v) is 6.89. The van der Waals surface area contributed by atoms with E-state index in [4.69, 9.17) is 10.6 Å². The highest BCUT2D eigenvalue weighted by atomic mass is 16.5. The van der Waals surface area contributed by atoms with Crippen LogP contribution in [0.15, 0.2) is 35.3 Å². The summed E-state index contributed by atoms with van der Waals surface area (Å²) >= 11 is 0. The van der Waals surface area contributed by atoms with E-state index in [1.54, 1.807) is 25.4 Å². The number of fused-ring (bicyclic) bond motifs is 1. The Morgan fingerprint density at radius 1 is 1.35 bits per heavy atom. The number of pyridine rings is 1. The van der Waals surface area contributed by atoms with Gasteiger partial charge in [-0.3, -0.25) is 9.80 Å². The van der Waals surface area contributed by atoms with E-state index in [0.717, 1.165) is 23.3 Å². The Morgan fingerprint density at radius 3 is 2.65 bits per heavy atom. The van der Waals surface area contributed by atoms with Gasteiger partial charge >= 0.3 is 0 Å². The first-order chi connectivity index (χ1) is 10.7. The van der Waals surface area contributed by atoms with E-state index in [9.17, 15) is 4.79 Å². The van der Waals surface area contributed by atoms with Crippen LogP contribution < -0.4 is 21.0 Å². The van der Waals surface area contributed by atoms with Crippen LogP contribution in [0.4, 0.5) is 5.82 Å². The second kappa shape index (κ2) is 6.46. The minimum atomic E-state index is -0.0702. The highest BCUT2D eigenvalue weighted by molar-refractivity contribution is 5.85. The van der Waals surface area contributed by atoms with Crippen molar-refractivity contribution in [1.82, 2.24) is 4.98 Å². The molecule has 124 valence electrons. The van der Waals surface area contributed by atoms with Crippen LogP contribution in [0.5, 0.6) is 5.75 Å². The van der Waals surface area contributed by atoms with Crippen molar-refractivity contribution in [3.63, 3.8) is 0 Å². The maximum Gasteiger partial charge on any atom is 0.191 e. The van der Waals surface area contributed by atoms with Gasteiger partial charge in [-0.25, -0.2) is 5.84 Å². The molecule has 0 aliphatic carbocycles. The molecule has 0 radical (unpaired) electrons. The molecule has 0 atom stereocenters. The van der Waals surface area contributed by atoms with Gasteiger partial charge in [0.15, 0.2) is 5.43 Å². The van der Waals surface area contributed by atoms with Crippen molar-refractivity contribution in [3.05, 3.63) is 46.3 Å². The fourth-order valence-corrected chi connectivity index (χ4v) is 2.39. The van der Waals surface area contributed by atoms with Crippen LogP contribution in [-0.2, 0) is 0 Å². The summed E-state index contributed by atoms with van der Waals surface area (Å²) in [7, 11) is 1.61. The number of nitrogens with two attached hydrogens (primary N) is 1. The first kappa shape index (κ1) is 17.1. The smallest absolute Gasteiger partial charge is 0.191 e. The van der Waals surface area contributed by atoms with E-state index in [-0.39, 0.29) is 10.8 Å². The van der Waals surface area contributed by atoms with Gasteiger partial charge < -0.3 is 9.72 Å². The van der Waals surface area contributed by atoms with Gasteiger partial charge in [-0.2, -0.15) is 0 Å². The first-order valence-corrected chi connectivity index (χ1v) is 7.64. The molecule has 1 heterocycles. The molecule has 2 aromatic rings. The summed E-state index contributed by atoms with van der Waals surface area (Å²) < 4.78 is 5.31. The third kappa shape index (κ3) is 3.93. The van der Waals surface area contributed by atoms with Gasteiger partial charge in [-0.15, -0.1) is 0 Å². The van der Waals surface area contributed by atoms with Crippen LogP contribution in [0.3, 0.4) is 0 Å². The third-order valence-electron chi connectivity index (χ3n) is 3.70. The van der Waals surface area contributed by atoms with E-state index in [1.807, 2.05) is 13.0 Å². The zero-order valence-electron chi connectivity index (χ0n) is 14.4. The van der Waals surface area contributed by atoms with Gasteiger partial charge in [-0.05, 0) is 30.9 Å². The van der Waals surface area contributed by atoms with Crippen molar-refractivity contribution in [2.45, 2.75) is 34.1 Å². The lowest BCUT2D eigenvalue weighted by Crippen LogP contribution is -2.26. The lowest BCUT2D eigenvalue weighted by molar-refractivity contribution is 0.412. The van der Waals surface area contributed by atoms with Crippen molar-refractivity contribution in [2.24, 2.45) is 11.3 Å². The quantitative estimate of drug-likeness (QED) is 0.669. The number of hydrogen-bond acceptors (Lipinski definition) is 4. The van der Waals surface area contributed by atoms with E-state index >= 15 is 0 Å². The number of methoxy groups -OCH3 is 1. The Hall–Kier alpha value is -2.27. The van der Waals surface area contributed by atoms with Crippen LogP contribution in [0.1, 0.15) is 32.8 Å². The summed E-state index contributed by atoms with van der Waals surface area (Å²) in [5, 5.41) is 2.06.